The van der Waals surface area contributed by atoms with Gasteiger partial charge in [0.25, 0.3) is 5.91 Å². The molecule has 0 aromatic carbocycles. The lowest BCUT2D eigenvalue weighted by Gasteiger charge is -2.36. The van der Waals surface area contributed by atoms with Gasteiger partial charge in [0, 0.05) is 25.3 Å². The summed E-state index contributed by atoms with van der Waals surface area (Å²) in [5.41, 5.74) is 6.94. The Morgan fingerprint density at radius 1 is 1.40 bits per heavy atom. The van der Waals surface area contributed by atoms with Crippen LogP contribution in [0.4, 0.5) is 5.82 Å². The number of amides is 1. The second-order valence-corrected chi connectivity index (χ2v) is 5.60. The summed E-state index contributed by atoms with van der Waals surface area (Å²) in [6, 6.07) is 2.86. The zero-order valence-electron chi connectivity index (χ0n) is 12.5. The number of primary amides is 1. The fraction of sp³-hybridized carbons (Fsp3) is 0.600. The molecule has 1 saturated carbocycles. The first kappa shape index (κ1) is 14.8. The van der Waals surface area contributed by atoms with Crippen molar-refractivity contribution >= 4 is 11.7 Å². The Hall–Kier alpha value is -1.62. The lowest BCUT2D eigenvalue weighted by atomic mass is 9.90. The van der Waals surface area contributed by atoms with Crippen LogP contribution < -0.4 is 16.0 Å². The molecule has 5 heteroatoms. The molecule has 2 rings (SSSR count). The van der Waals surface area contributed by atoms with Gasteiger partial charge in [0.1, 0.15) is 5.82 Å². The fourth-order valence-corrected chi connectivity index (χ4v) is 3.04. The first-order valence-electron chi connectivity index (χ1n) is 7.20. The molecule has 0 saturated heterocycles. The summed E-state index contributed by atoms with van der Waals surface area (Å²) in [5, 5.41) is 3.33. The average Bonchev–Trinajstić information content (AvgIpc) is 2.46. The number of hydrogen-bond acceptors (Lipinski definition) is 4. The van der Waals surface area contributed by atoms with Gasteiger partial charge in [0.15, 0.2) is 0 Å². The highest BCUT2D eigenvalue weighted by Crippen LogP contribution is 2.28. The molecule has 1 aliphatic carbocycles. The maximum absolute atomic E-state index is 11.7. The van der Waals surface area contributed by atoms with E-state index < -0.39 is 5.91 Å². The van der Waals surface area contributed by atoms with Gasteiger partial charge in [-0.2, -0.15) is 0 Å². The minimum Gasteiger partial charge on any atom is -0.365 e. The van der Waals surface area contributed by atoms with Crippen molar-refractivity contribution < 1.29 is 4.79 Å². The topological polar surface area (TPSA) is 71.2 Å². The average molecular weight is 276 g/mol. The minimum absolute atomic E-state index is 0.402. The highest BCUT2D eigenvalue weighted by atomic mass is 16.1. The van der Waals surface area contributed by atoms with E-state index in [1.54, 1.807) is 6.20 Å². The molecule has 1 aliphatic rings. The summed E-state index contributed by atoms with van der Waals surface area (Å²) in [5.74, 6) is 0.312. The third-order valence-corrected chi connectivity index (χ3v) is 4.37. The van der Waals surface area contributed by atoms with E-state index in [1.165, 1.54) is 0 Å². The summed E-state index contributed by atoms with van der Waals surface area (Å²) in [7, 11) is 4.03. The predicted molar refractivity (Wildman–Crippen MR) is 81.0 cm³/mol. The number of hydrogen-bond donors (Lipinski definition) is 2. The van der Waals surface area contributed by atoms with E-state index in [4.69, 9.17) is 5.73 Å². The molecule has 1 fully saturated rings. The van der Waals surface area contributed by atoms with Crippen LogP contribution in [0.15, 0.2) is 12.3 Å². The van der Waals surface area contributed by atoms with Gasteiger partial charge in [0.2, 0.25) is 0 Å². The molecule has 0 radical (unpaired) electrons. The SMILES string of the molecule is CNC1CCC(N(C)c2nccc(C)c2C(N)=O)CC1. The van der Waals surface area contributed by atoms with Gasteiger partial charge >= 0.3 is 0 Å². The van der Waals surface area contributed by atoms with Crippen LogP contribution in [0.2, 0.25) is 0 Å². The van der Waals surface area contributed by atoms with Gasteiger partial charge in [-0.05, 0) is 51.3 Å². The molecule has 0 bridgehead atoms. The number of nitrogens with one attached hydrogen (secondary N) is 1. The zero-order chi connectivity index (χ0) is 14.7. The molecule has 0 atom stereocenters. The molecule has 1 aromatic rings. The number of nitrogens with two attached hydrogens (primary N) is 1. The van der Waals surface area contributed by atoms with Gasteiger partial charge < -0.3 is 16.0 Å². The van der Waals surface area contributed by atoms with Gasteiger partial charge in [-0.3, -0.25) is 4.79 Å². The third-order valence-electron chi connectivity index (χ3n) is 4.37. The van der Waals surface area contributed by atoms with Crippen molar-refractivity contribution in [1.29, 1.82) is 0 Å². The maximum atomic E-state index is 11.7. The Balaban J connectivity index is 2.20. The molecule has 1 heterocycles. The minimum atomic E-state index is -0.402. The van der Waals surface area contributed by atoms with Crippen molar-refractivity contribution in [3.05, 3.63) is 23.4 Å². The number of rotatable bonds is 4. The largest absolute Gasteiger partial charge is 0.365 e. The number of aryl methyl sites for hydroxylation is 1. The number of aromatic nitrogens is 1. The van der Waals surface area contributed by atoms with Crippen LogP contribution in [0.1, 0.15) is 41.6 Å². The van der Waals surface area contributed by atoms with Crippen molar-refractivity contribution in [2.24, 2.45) is 5.73 Å². The molecular formula is C15H24N4O. The Labute approximate surface area is 120 Å². The monoisotopic (exact) mass is 276 g/mol. The van der Waals surface area contributed by atoms with E-state index >= 15 is 0 Å². The van der Waals surface area contributed by atoms with Gasteiger partial charge in [-0.25, -0.2) is 4.98 Å². The van der Waals surface area contributed by atoms with Crippen molar-refractivity contribution in [2.45, 2.75) is 44.7 Å². The Morgan fingerprint density at radius 3 is 2.60 bits per heavy atom. The zero-order valence-corrected chi connectivity index (χ0v) is 12.5. The molecule has 1 amide bonds. The smallest absolute Gasteiger partial charge is 0.252 e. The molecule has 3 N–H and O–H groups in total. The molecule has 5 nitrogen and oxygen atoms in total. The molecular weight excluding hydrogens is 252 g/mol. The molecule has 0 unspecified atom stereocenters. The van der Waals surface area contributed by atoms with E-state index in [9.17, 15) is 4.79 Å². The van der Waals surface area contributed by atoms with E-state index in [0.717, 1.165) is 31.2 Å². The Bertz CT molecular complexity index is 481. The quantitative estimate of drug-likeness (QED) is 0.873. The number of nitrogens with zero attached hydrogens (tertiary/aromatic N) is 2. The van der Waals surface area contributed by atoms with Gasteiger partial charge in [-0.1, -0.05) is 0 Å². The van der Waals surface area contributed by atoms with E-state index in [0.29, 0.717) is 23.5 Å². The molecule has 0 spiro atoms. The van der Waals surface area contributed by atoms with Crippen molar-refractivity contribution in [2.75, 3.05) is 19.0 Å². The molecule has 20 heavy (non-hydrogen) atoms. The number of pyridine rings is 1. The molecule has 1 aromatic heterocycles. The number of carbonyl (C=O) groups is 1. The highest BCUT2D eigenvalue weighted by Gasteiger charge is 2.26. The standard InChI is InChI=1S/C15H24N4O/c1-10-8-9-18-15(13(10)14(16)20)19(3)12-6-4-11(17-2)5-7-12/h8-9,11-12,17H,4-7H2,1-3H3,(H2,16,20). The lowest BCUT2D eigenvalue weighted by molar-refractivity contribution is 0.0999. The fourth-order valence-electron chi connectivity index (χ4n) is 3.04. The van der Waals surface area contributed by atoms with Crippen LogP contribution in [-0.4, -0.2) is 37.1 Å². The predicted octanol–water partition coefficient (Wildman–Crippen LogP) is 1.46. The van der Waals surface area contributed by atoms with Gasteiger partial charge in [-0.15, -0.1) is 0 Å². The van der Waals surface area contributed by atoms with Crippen molar-refractivity contribution in [3.63, 3.8) is 0 Å². The van der Waals surface area contributed by atoms with Gasteiger partial charge in [0.05, 0.1) is 5.56 Å². The van der Waals surface area contributed by atoms with E-state index in [-0.39, 0.29) is 0 Å². The molecule has 0 aliphatic heterocycles. The Kier molecular flexibility index (Phi) is 4.60. The number of carbonyl (C=O) groups excluding carboxylic acids is 1. The first-order valence-corrected chi connectivity index (χ1v) is 7.20. The summed E-state index contributed by atoms with van der Waals surface area (Å²) >= 11 is 0. The van der Waals surface area contributed by atoms with Crippen LogP contribution >= 0.6 is 0 Å². The van der Waals surface area contributed by atoms with Crippen molar-refractivity contribution in [1.82, 2.24) is 10.3 Å². The lowest BCUT2D eigenvalue weighted by Crippen LogP contribution is -2.41. The first-order chi connectivity index (χ1) is 9.54. The Morgan fingerprint density at radius 2 is 2.05 bits per heavy atom. The summed E-state index contributed by atoms with van der Waals surface area (Å²) in [6.07, 6.45) is 6.27. The number of anilines is 1. The second kappa shape index (κ2) is 6.22. The third kappa shape index (κ3) is 2.93. The normalized spacial score (nSPS) is 22.6. The summed E-state index contributed by atoms with van der Waals surface area (Å²) in [6.45, 7) is 1.90. The summed E-state index contributed by atoms with van der Waals surface area (Å²) < 4.78 is 0. The second-order valence-electron chi connectivity index (χ2n) is 5.60. The van der Waals surface area contributed by atoms with E-state index in [2.05, 4.69) is 15.2 Å². The van der Waals surface area contributed by atoms with Crippen LogP contribution in [0.3, 0.4) is 0 Å². The molecule has 110 valence electrons. The van der Waals surface area contributed by atoms with Crippen LogP contribution in [0.25, 0.3) is 0 Å². The van der Waals surface area contributed by atoms with E-state index in [1.807, 2.05) is 27.1 Å². The highest BCUT2D eigenvalue weighted by molar-refractivity contribution is 5.99. The van der Waals surface area contributed by atoms with Crippen LogP contribution in [-0.2, 0) is 0 Å². The summed E-state index contributed by atoms with van der Waals surface area (Å²) in [4.78, 5) is 18.2. The van der Waals surface area contributed by atoms with Crippen LogP contribution in [0, 0.1) is 6.92 Å². The van der Waals surface area contributed by atoms with Crippen LogP contribution in [0.5, 0.6) is 0 Å². The maximum Gasteiger partial charge on any atom is 0.252 e. The van der Waals surface area contributed by atoms with Crippen molar-refractivity contribution in [3.8, 4) is 0 Å².